The third-order valence-electron chi connectivity index (χ3n) is 7.28. The Morgan fingerprint density at radius 2 is 1.48 bits per heavy atom. The molecule has 0 radical (unpaired) electrons. The molecule has 0 N–H and O–H groups in total. The van der Waals surface area contributed by atoms with E-state index < -0.39 is 0 Å². The molecule has 5 rings (SSSR count). The third-order valence-corrected chi connectivity index (χ3v) is 7.28. The molecule has 0 bridgehead atoms. The van der Waals surface area contributed by atoms with Crippen LogP contribution in [0.25, 0.3) is 23.3 Å². The Kier molecular flexibility index (Phi) is 4.59. The molecular formula is C31H32. The summed E-state index contributed by atoms with van der Waals surface area (Å²) in [5.41, 5.74) is 15.6. The number of rotatable bonds is 3. The molecule has 0 nitrogen and oxygen atoms in total. The molecule has 1 atom stereocenters. The van der Waals surface area contributed by atoms with Crippen LogP contribution in [0.1, 0.15) is 72.6 Å². The molecule has 0 saturated heterocycles. The van der Waals surface area contributed by atoms with Gasteiger partial charge in [-0.25, -0.2) is 0 Å². The van der Waals surface area contributed by atoms with Crippen molar-refractivity contribution < 1.29 is 0 Å². The average molecular weight is 405 g/mol. The van der Waals surface area contributed by atoms with Crippen LogP contribution in [0.3, 0.4) is 0 Å². The minimum Gasteiger partial charge on any atom is -0.0683 e. The van der Waals surface area contributed by atoms with Crippen molar-refractivity contribution in [2.45, 2.75) is 59.3 Å². The van der Waals surface area contributed by atoms with E-state index in [4.69, 9.17) is 0 Å². The van der Waals surface area contributed by atoms with E-state index in [1.807, 2.05) is 0 Å². The summed E-state index contributed by atoms with van der Waals surface area (Å²) in [6, 6.07) is 20.7. The molecule has 0 aliphatic heterocycles. The van der Waals surface area contributed by atoms with Crippen molar-refractivity contribution in [1.82, 2.24) is 0 Å². The first kappa shape index (κ1) is 20.1. The van der Waals surface area contributed by atoms with Crippen LogP contribution in [0.4, 0.5) is 0 Å². The van der Waals surface area contributed by atoms with E-state index in [2.05, 4.69) is 108 Å². The second-order valence-electron chi connectivity index (χ2n) is 10.3. The molecule has 0 fully saturated rings. The number of hydrogen-bond donors (Lipinski definition) is 0. The fourth-order valence-electron chi connectivity index (χ4n) is 6.14. The van der Waals surface area contributed by atoms with Crippen LogP contribution in [0.5, 0.6) is 0 Å². The Morgan fingerprint density at radius 3 is 2.23 bits per heavy atom. The van der Waals surface area contributed by atoms with Gasteiger partial charge in [0.2, 0.25) is 0 Å². The summed E-state index contributed by atoms with van der Waals surface area (Å²) in [4.78, 5) is 0. The van der Waals surface area contributed by atoms with Crippen LogP contribution in [0, 0.1) is 13.8 Å². The van der Waals surface area contributed by atoms with Crippen LogP contribution in [0.15, 0.2) is 65.7 Å². The van der Waals surface area contributed by atoms with Crippen molar-refractivity contribution in [1.29, 1.82) is 0 Å². The second-order valence-corrected chi connectivity index (χ2v) is 10.3. The van der Waals surface area contributed by atoms with E-state index in [1.54, 1.807) is 0 Å². The van der Waals surface area contributed by atoms with Gasteiger partial charge in [-0.15, -0.1) is 0 Å². The summed E-state index contributed by atoms with van der Waals surface area (Å²) in [6.45, 7) is 13.8. The summed E-state index contributed by atoms with van der Waals surface area (Å²) >= 11 is 0. The van der Waals surface area contributed by atoms with Crippen LogP contribution in [-0.2, 0) is 11.8 Å². The van der Waals surface area contributed by atoms with Gasteiger partial charge >= 0.3 is 0 Å². The minimum atomic E-state index is 0.0133. The Bertz CT molecular complexity index is 1240. The van der Waals surface area contributed by atoms with E-state index in [1.165, 1.54) is 61.2 Å². The quantitative estimate of drug-likeness (QED) is 0.411. The lowest BCUT2D eigenvalue weighted by Crippen LogP contribution is -2.28. The molecule has 1 unspecified atom stereocenters. The summed E-state index contributed by atoms with van der Waals surface area (Å²) < 4.78 is 0. The average Bonchev–Trinajstić information content (AvgIpc) is 3.24. The van der Waals surface area contributed by atoms with Gasteiger partial charge < -0.3 is 0 Å². The van der Waals surface area contributed by atoms with Crippen LogP contribution >= 0.6 is 0 Å². The van der Waals surface area contributed by atoms with Gasteiger partial charge in [-0.05, 0) is 73.1 Å². The molecule has 0 amide bonds. The zero-order chi connectivity index (χ0) is 21.9. The summed E-state index contributed by atoms with van der Waals surface area (Å²) in [6.07, 6.45) is 5.94. The molecule has 3 aromatic carbocycles. The predicted molar refractivity (Wildman–Crippen MR) is 135 cm³/mol. The van der Waals surface area contributed by atoms with E-state index in [-0.39, 0.29) is 5.41 Å². The molecule has 2 aliphatic rings. The van der Waals surface area contributed by atoms with Crippen LogP contribution in [-0.4, -0.2) is 0 Å². The summed E-state index contributed by atoms with van der Waals surface area (Å²) in [5.74, 6) is 0.383. The Hall–Kier alpha value is -2.86. The highest BCUT2D eigenvalue weighted by molar-refractivity contribution is 5.83. The number of aryl methyl sites for hydroxylation is 2. The van der Waals surface area contributed by atoms with E-state index >= 15 is 0 Å². The SMILES string of the molecule is CC1=Cc2c(cccc2C(C)(C)C2C(C)=Cc3c(-c4cc(C)cc(C)c4)cccc32)C1. The monoisotopic (exact) mass is 404 g/mol. The van der Waals surface area contributed by atoms with Gasteiger partial charge in [-0.3, -0.25) is 0 Å². The van der Waals surface area contributed by atoms with Crippen molar-refractivity contribution >= 4 is 12.2 Å². The Balaban J connectivity index is 1.66. The first-order chi connectivity index (χ1) is 14.8. The van der Waals surface area contributed by atoms with Crippen molar-refractivity contribution in [3.8, 4) is 11.1 Å². The van der Waals surface area contributed by atoms with Gasteiger partial charge in [0.25, 0.3) is 0 Å². The first-order valence-electron chi connectivity index (χ1n) is 11.4. The fourth-order valence-corrected chi connectivity index (χ4v) is 6.14. The maximum atomic E-state index is 2.44. The maximum absolute atomic E-state index is 2.44. The number of hydrogen-bond acceptors (Lipinski definition) is 0. The smallest absolute Gasteiger partial charge is 0.0147 e. The van der Waals surface area contributed by atoms with Gasteiger partial charge in [0, 0.05) is 11.3 Å². The Morgan fingerprint density at radius 1 is 0.774 bits per heavy atom. The van der Waals surface area contributed by atoms with Gasteiger partial charge in [-0.1, -0.05) is 103 Å². The van der Waals surface area contributed by atoms with E-state index in [9.17, 15) is 0 Å². The Labute approximate surface area is 187 Å². The molecule has 0 aromatic heterocycles. The van der Waals surface area contributed by atoms with Gasteiger partial charge in [0.05, 0.1) is 0 Å². The molecule has 156 valence electrons. The number of benzene rings is 3. The zero-order valence-electron chi connectivity index (χ0n) is 19.6. The molecule has 0 spiro atoms. The standard InChI is InChI=1S/C31H32/c1-19-13-20(2)16-24(15-19)25-10-8-11-26-28(25)18-22(4)30(26)31(5,6)29-12-7-9-23-14-21(3)17-27(23)29/h7-13,15-18,30H,14H2,1-6H3. The normalized spacial score (nSPS) is 17.3. The molecule has 2 aliphatic carbocycles. The molecule has 0 saturated carbocycles. The highest BCUT2D eigenvalue weighted by Gasteiger charge is 2.39. The van der Waals surface area contributed by atoms with Crippen LogP contribution < -0.4 is 0 Å². The largest absolute Gasteiger partial charge is 0.0683 e. The molecular weight excluding hydrogens is 372 g/mol. The van der Waals surface area contributed by atoms with E-state index in [0.717, 1.165) is 6.42 Å². The summed E-state index contributed by atoms with van der Waals surface area (Å²) in [7, 11) is 0. The fraction of sp³-hybridized carbons (Fsp3) is 0.290. The minimum absolute atomic E-state index is 0.0133. The van der Waals surface area contributed by atoms with Gasteiger partial charge in [-0.2, -0.15) is 0 Å². The molecule has 31 heavy (non-hydrogen) atoms. The third kappa shape index (κ3) is 3.21. The topological polar surface area (TPSA) is 0 Å². The highest BCUT2D eigenvalue weighted by Crippen LogP contribution is 2.52. The predicted octanol–water partition coefficient (Wildman–Crippen LogP) is 8.41. The van der Waals surface area contributed by atoms with Crippen LogP contribution in [0.2, 0.25) is 0 Å². The van der Waals surface area contributed by atoms with Gasteiger partial charge in [0.1, 0.15) is 0 Å². The molecule has 0 heteroatoms. The highest BCUT2D eigenvalue weighted by atomic mass is 14.4. The lowest BCUT2D eigenvalue weighted by Gasteiger charge is -2.36. The van der Waals surface area contributed by atoms with Gasteiger partial charge in [0.15, 0.2) is 0 Å². The zero-order valence-corrected chi connectivity index (χ0v) is 19.6. The number of fused-ring (bicyclic) bond motifs is 2. The number of allylic oxidation sites excluding steroid dienone is 2. The molecule has 3 aromatic rings. The summed E-state index contributed by atoms with van der Waals surface area (Å²) in [5, 5.41) is 0. The van der Waals surface area contributed by atoms with Crippen molar-refractivity contribution in [2.24, 2.45) is 0 Å². The van der Waals surface area contributed by atoms with Crippen molar-refractivity contribution in [2.75, 3.05) is 0 Å². The maximum Gasteiger partial charge on any atom is 0.0147 e. The van der Waals surface area contributed by atoms with Crippen molar-refractivity contribution in [3.05, 3.63) is 105 Å². The lowest BCUT2D eigenvalue weighted by atomic mass is 9.67. The van der Waals surface area contributed by atoms with E-state index in [0.29, 0.717) is 5.92 Å². The second kappa shape index (κ2) is 7.09. The molecule has 0 heterocycles. The lowest BCUT2D eigenvalue weighted by molar-refractivity contribution is 0.458. The van der Waals surface area contributed by atoms with Crippen molar-refractivity contribution in [3.63, 3.8) is 0 Å². The first-order valence-corrected chi connectivity index (χ1v) is 11.4.